The quantitative estimate of drug-likeness (QED) is 0.591. The molecule has 0 aliphatic carbocycles. The molecule has 0 saturated carbocycles. The van der Waals surface area contributed by atoms with Crippen LogP contribution in [-0.2, 0) is 4.79 Å². The molecule has 0 heterocycles. The highest BCUT2D eigenvalue weighted by Gasteiger charge is 2.26. The second-order valence-corrected chi connectivity index (χ2v) is 5.16. The van der Waals surface area contributed by atoms with E-state index in [1.807, 2.05) is 30.3 Å². The zero-order valence-electron chi connectivity index (χ0n) is 9.35. The molecule has 4 heteroatoms. The van der Waals surface area contributed by atoms with E-state index in [1.165, 1.54) is 4.90 Å². The molecular weight excluding hydrogens is 222 g/mol. The van der Waals surface area contributed by atoms with E-state index < -0.39 is 11.5 Å². The van der Waals surface area contributed by atoms with Gasteiger partial charge in [0.15, 0.2) is 0 Å². The maximum absolute atomic E-state index is 10.8. The maximum Gasteiger partial charge on any atom is 0.323 e. The Labute approximate surface area is 100 Å². The van der Waals surface area contributed by atoms with E-state index in [0.29, 0.717) is 6.42 Å². The first kappa shape index (κ1) is 13.1. The second-order valence-electron chi connectivity index (χ2n) is 3.99. The highest BCUT2D eigenvalue weighted by Crippen LogP contribution is 2.20. The summed E-state index contributed by atoms with van der Waals surface area (Å²) in [5.41, 5.74) is 4.53. The van der Waals surface area contributed by atoms with Gasteiger partial charge < -0.3 is 10.8 Å². The maximum atomic E-state index is 10.8. The minimum atomic E-state index is -1.10. The van der Waals surface area contributed by atoms with Crippen molar-refractivity contribution in [3.8, 4) is 0 Å². The molecule has 0 radical (unpaired) electrons. The van der Waals surface area contributed by atoms with Gasteiger partial charge in [0.2, 0.25) is 0 Å². The molecule has 0 bridgehead atoms. The van der Waals surface area contributed by atoms with Crippen molar-refractivity contribution in [1.82, 2.24) is 0 Å². The normalized spacial score (nSPS) is 14.4. The Morgan fingerprint density at radius 3 is 2.62 bits per heavy atom. The summed E-state index contributed by atoms with van der Waals surface area (Å²) in [5, 5.41) is 8.83. The van der Waals surface area contributed by atoms with Gasteiger partial charge in [-0.3, -0.25) is 4.79 Å². The summed E-state index contributed by atoms with van der Waals surface area (Å²) >= 11 is 1.72. The largest absolute Gasteiger partial charge is 0.480 e. The van der Waals surface area contributed by atoms with Gasteiger partial charge >= 0.3 is 5.97 Å². The standard InChI is InChI=1S/C12H17NO2S/c1-12(13,11(14)15)8-5-9-16-10-6-3-2-4-7-10/h2-4,6-7H,5,8-9,13H2,1H3,(H,14,15). The third-order valence-corrected chi connectivity index (χ3v) is 3.44. The number of benzene rings is 1. The summed E-state index contributed by atoms with van der Waals surface area (Å²) in [7, 11) is 0. The number of carbonyl (C=O) groups is 1. The first-order chi connectivity index (χ1) is 7.52. The lowest BCUT2D eigenvalue weighted by molar-refractivity contribution is -0.142. The second kappa shape index (κ2) is 5.92. The van der Waals surface area contributed by atoms with Gasteiger partial charge in [-0.15, -0.1) is 11.8 Å². The molecular formula is C12H17NO2S. The number of aliphatic carboxylic acids is 1. The molecule has 0 aromatic heterocycles. The van der Waals surface area contributed by atoms with E-state index >= 15 is 0 Å². The van der Waals surface area contributed by atoms with E-state index in [-0.39, 0.29) is 0 Å². The molecule has 0 aliphatic heterocycles. The average Bonchev–Trinajstić information content (AvgIpc) is 2.26. The first-order valence-corrected chi connectivity index (χ1v) is 6.21. The van der Waals surface area contributed by atoms with Crippen molar-refractivity contribution < 1.29 is 9.90 Å². The lowest BCUT2D eigenvalue weighted by atomic mass is 9.98. The third kappa shape index (κ3) is 4.24. The van der Waals surface area contributed by atoms with Gasteiger partial charge in [-0.05, 0) is 37.7 Å². The number of carboxylic acids is 1. The topological polar surface area (TPSA) is 63.3 Å². The van der Waals surface area contributed by atoms with Crippen LogP contribution in [0.2, 0.25) is 0 Å². The Kier molecular flexibility index (Phi) is 4.83. The molecule has 0 amide bonds. The number of hydrogen-bond donors (Lipinski definition) is 2. The van der Waals surface area contributed by atoms with Gasteiger partial charge in [-0.1, -0.05) is 18.2 Å². The number of hydrogen-bond acceptors (Lipinski definition) is 3. The van der Waals surface area contributed by atoms with Crippen molar-refractivity contribution in [3.05, 3.63) is 30.3 Å². The lowest BCUT2D eigenvalue weighted by Crippen LogP contribution is -2.44. The summed E-state index contributed by atoms with van der Waals surface area (Å²) < 4.78 is 0. The van der Waals surface area contributed by atoms with Crippen LogP contribution in [0.25, 0.3) is 0 Å². The predicted molar refractivity (Wildman–Crippen MR) is 66.6 cm³/mol. The summed E-state index contributed by atoms with van der Waals surface area (Å²) in [5.74, 6) is -0.0402. The number of thioether (sulfide) groups is 1. The molecule has 3 nitrogen and oxygen atoms in total. The van der Waals surface area contributed by atoms with Crippen molar-refractivity contribution >= 4 is 17.7 Å². The summed E-state index contributed by atoms with van der Waals surface area (Å²) in [4.78, 5) is 12.0. The molecule has 1 aromatic rings. The van der Waals surface area contributed by atoms with Crippen molar-refractivity contribution in [2.45, 2.75) is 30.2 Å². The van der Waals surface area contributed by atoms with Gasteiger partial charge in [0.1, 0.15) is 5.54 Å². The van der Waals surface area contributed by atoms with Crippen LogP contribution in [0, 0.1) is 0 Å². The van der Waals surface area contributed by atoms with Gasteiger partial charge in [0.05, 0.1) is 0 Å². The summed E-state index contributed by atoms with van der Waals surface area (Å²) in [6, 6.07) is 10.1. The van der Waals surface area contributed by atoms with Crippen LogP contribution in [0.3, 0.4) is 0 Å². The van der Waals surface area contributed by atoms with Crippen LogP contribution >= 0.6 is 11.8 Å². The smallest absolute Gasteiger partial charge is 0.323 e. The van der Waals surface area contributed by atoms with Crippen molar-refractivity contribution in [2.75, 3.05) is 5.75 Å². The van der Waals surface area contributed by atoms with Crippen LogP contribution < -0.4 is 5.73 Å². The fourth-order valence-electron chi connectivity index (χ4n) is 1.25. The molecule has 0 saturated heterocycles. The van der Waals surface area contributed by atoms with E-state index in [0.717, 1.165) is 12.2 Å². The summed E-state index contributed by atoms with van der Waals surface area (Å²) in [6.45, 7) is 1.56. The van der Waals surface area contributed by atoms with Crippen molar-refractivity contribution in [1.29, 1.82) is 0 Å². The number of carboxylic acid groups (broad SMARTS) is 1. The molecule has 16 heavy (non-hydrogen) atoms. The molecule has 0 spiro atoms. The number of rotatable bonds is 6. The SMILES string of the molecule is CC(N)(CCCSc1ccccc1)C(=O)O. The van der Waals surface area contributed by atoms with Crippen LogP contribution in [0.4, 0.5) is 0 Å². The molecule has 1 rings (SSSR count). The Hall–Kier alpha value is -1.00. The van der Waals surface area contributed by atoms with Gasteiger partial charge in [0.25, 0.3) is 0 Å². The van der Waals surface area contributed by atoms with Crippen molar-refractivity contribution in [2.24, 2.45) is 5.73 Å². The minimum absolute atomic E-state index is 0.502. The molecule has 3 N–H and O–H groups in total. The monoisotopic (exact) mass is 239 g/mol. The van der Waals surface area contributed by atoms with E-state index in [4.69, 9.17) is 10.8 Å². The third-order valence-electron chi connectivity index (χ3n) is 2.34. The zero-order valence-corrected chi connectivity index (χ0v) is 10.2. The highest BCUT2D eigenvalue weighted by molar-refractivity contribution is 7.99. The highest BCUT2D eigenvalue weighted by atomic mass is 32.2. The zero-order chi connectivity index (χ0) is 12.0. The fraction of sp³-hybridized carbons (Fsp3) is 0.417. The Balaban J connectivity index is 2.25. The predicted octanol–water partition coefficient (Wildman–Crippen LogP) is 2.36. The van der Waals surface area contributed by atoms with Crippen LogP contribution in [-0.4, -0.2) is 22.4 Å². The lowest BCUT2D eigenvalue weighted by Gasteiger charge is -2.18. The van der Waals surface area contributed by atoms with Crippen LogP contribution in [0.15, 0.2) is 35.2 Å². The molecule has 88 valence electrons. The molecule has 1 unspecified atom stereocenters. The van der Waals surface area contributed by atoms with E-state index in [1.54, 1.807) is 18.7 Å². The van der Waals surface area contributed by atoms with Gasteiger partial charge in [-0.25, -0.2) is 0 Å². The summed E-state index contributed by atoms with van der Waals surface area (Å²) in [6.07, 6.45) is 1.31. The van der Waals surface area contributed by atoms with Crippen LogP contribution in [0.5, 0.6) is 0 Å². The Morgan fingerprint density at radius 1 is 1.44 bits per heavy atom. The Morgan fingerprint density at radius 2 is 2.06 bits per heavy atom. The Bertz CT molecular complexity index is 338. The minimum Gasteiger partial charge on any atom is -0.480 e. The van der Waals surface area contributed by atoms with Crippen LogP contribution in [0.1, 0.15) is 19.8 Å². The molecule has 0 aliphatic rings. The molecule has 1 atom stereocenters. The molecule has 0 fully saturated rings. The van der Waals surface area contributed by atoms with Gasteiger partial charge in [0, 0.05) is 4.90 Å². The van der Waals surface area contributed by atoms with E-state index in [9.17, 15) is 4.79 Å². The number of nitrogens with two attached hydrogens (primary N) is 1. The van der Waals surface area contributed by atoms with Crippen molar-refractivity contribution in [3.63, 3.8) is 0 Å². The molecule has 1 aromatic carbocycles. The van der Waals surface area contributed by atoms with Gasteiger partial charge in [-0.2, -0.15) is 0 Å². The van der Waals surface area contributed by atoms with E-state index in [2.05, 4.69) is 0 Å². The first-order valence-electron chi connectivity index (χ1n) is 5.22. The average molecular weight is 239 g/mol. The fourth-order valence-corrected chi connectivity index (χ4v) is 2.13.